The van der Waals surface area contributed by atoms with Crippen LogP contribution in [0.1, 0.15) is 38.7 Å². The summed E-state index contributed by atoms with van der Waals surface area (Å²) in [5, 5.41) is 2.82. The lowest BCUT2D eigenvalue weighted by molar-refractivity contribution is -0.212. The van der Waals surface area contributed by atoms with Crippen LogP contribution in [0, 0.1) is 17.0 Å². The number of nitrogens with one attached hydrogen (secondary N) is 1. The molecule has 1 aliphatic carbocycles. The number of alkyl halides is 3. The number of hydrogen-bond donors (Lipinski definition) is 1. The minimum absolute atomic E-state index is 0.0163. The van der Waals surface area contributed by atoms with Gasteiger partial charge in [0.05, 0.1) is 24.0 Å². The average molecular weight is 625 g/mol. The molecule has 0 bridgehead atoms. The van der Waals surface area contributed by atoms with Gasteiger partial charge in [-0.25, -0.2) is 18.8 Å². The summed E-state index contributed by atoms with van der Waals surface area (Å²) in [6, 6.07) is 4.38. The molecule has 1 aromatic carbocycles. The first-order valence-electron chi connectivity index (χ1n) is 14.3. The van der Waals surface area contributed by atoms with Gasteiger partial charge in [-0.05, 0) is 30.5 Å². The maximum atomic E-state index is 15.3. The molecule has 234 valence electrons. The minimum Gasteiger partial charge on any atom is -0.464 e. The number of pyridine rings is 1. The Morgan fingerprint density at radius 2 is 1.81 bits per heavy atom. The van der Waals surface area contributed by atoms with Crippen molar-refractivity contribution in [3.63, 3.8) is 0 Å². The van der Waals surface area contributed by atoms with E-state index in [4.69, 9.17) is 14.2 Å². The van der Waals surface area contributed by atoms with Gasteiger partial charge in [-0.3, -0.25) is 0 Å². The van der Waals surface area contributed by atoms with Gasteiger partial charge in [-0.15, -0.1) is 0 Å². The fraction of sp³-hybridized carbons (Fsp3) is 0.533. The Morgan fingerprint density at radius 1 is 1.12 bits per heavy atom. The first kappa shape index (κ1) is 31.2. The van der Waals surface area contributed by atoms with Crippen LogP contribution in [0.3, 0.4) is 0 Å². The zero-order chi connectivity index (χ0) is 31.2. The fourth-order valence-electron chi connectivity index (χ4n) is 5.19. The number of aromatic nitrogens is 2. The van der Waals surface area contributed by atoms with Crippen molar-refractivity contribution in [2.45, 2.75) is 77.1 Å². The standard InChI is InChI=1S/C30H37F5N4O3Si/c1-28(2)16-37-27(41-17-28)38-19-13-21(31)25(22(32)14-19)42-23-7-10-36-26-24(23)20(29(8-6-9-29)30(33,34)35)15-39(26)18-40-11-12-43(3,4)5/h7,10,13-15H,6,8-9,11-12,16-18H2,1-5H3,(H,37,38). The lowest BCUT2D eigenvalue weighted by Crippen LogP contribution is -2.47. The van der Waals surface area contributed by atoms with Crippen LogP contribution in [-0.4, -0.2) is 49.6 Å². The SMILES string of the molecule is CC1(C)CN=C(Nc2cc(F)c(Oc3ccnc4c3c(C3(C(F)(F)F)CCC3)cn4COCC[Si](C)(C)C)c(F)c2)OC1. The predicted octanol–water partition coefficient (Wildman–Crippen LogP) is 8.23. The Bertz CT molecular complexity index is 1500. The van der Waals surface area contributed by atoms with E-state index in [-0.39, 0.29) is 59.0 Å². The summed E-state index contributed by atoms with van der Waals surface area (Å²) in [4.78, 5) is 8.61. The molecule has 0 saturated heterocycles. The van der Waals surface area contributed by atoms with Crippen molar-refractivity contribution in [2.75, 3.05) is 25.1 Å². The third-order valence-electron chi connectivity index (χ3n) is 7.92. The third-order valence-corrected chi connectivity index (χ3v) is 9.63. The predicted molar refractivity (Wildman–Crippen MR) is 158 cm³/mol. The van der Waals surface area contributed by atoms with Gasteiger partial charge >= 0.3 is 6.18 Å². The number of amidine groups is 1. The normalized spacial score (nSPS) is 18.1. The van der Waals surface area contributed by atoms with Crippen molar-refractivity contribution in [1.29, 1.82) is 0 Å². The highest BCUT2D eigenvalue weighted by Gasteiger charge is 2.60. The van der Waals surface area contributed by atoms with E-state index in [0.29, 0.717) is 26.2 Å². The van der Waals surface area contributed by atoms with Gasteiger partial charge in [0.2, 0.25) is 0 Å². The number of fused-ring (bicyclic) bond motifs is 1. The van der Waals surface area contributed by atoms with Crippen LogP contribution in [0.25, 0.3) is 11.0 Å². The quantitative estimate of drug-likeness (QED) is 0.148. The maximum absolute atomic E-state index is 15.3. The number of rotatable bonds is 9. The molecule has 43 heavy (non-hydrogen) atoms. The highest BCUT2D eigenvalue weighted by molar-refractivity contribution is 6.76. The van der Waals surface area contributed by atoms with Gasteiger partial charge in [0.15, 0.2) is 17.4 Å². The minimum atomic E-state index is -4.54. The molecule has 3 aromatic rings. The average Bonchev–Trinajstić information content (AvgIpc) is 3.22. The van der Waals surface area contributed by atoms with Gasteiger partial charge in [0.25, 0.3) is 6.02 Å². The molecule has 0 unspecified atom stereocenters. The van der Waals surface area contributed by atoms with Gasteiger partial charge in [-0.1, -0.05) is 39.9 Å². The second-order valence-corrected chi connectivity index (χ2v) is 19.0. The number of hydrogen-bond acceptors (Lipinski definition) is 6. The molecule has 0 amide bonds. The van der Waals surface area contributed by atoms with Crippen LogP contribution in [0.5, 0.6) is 11.5 Å². The van der Waals surface area contributed by atoms with Crippen LogP contribution in [0.15, 0.2) is 35.6 Å². The van der Waals surface area contributed by atoms with Crippen LogP contribution in [0.2, 0.25) is 25.7 Å². The Balaban J connectivity index is 1.49. The van der Waals surface area contributed by atoms with Crippen molar-refractivity contribution < 1.29 is 36.2 Å². The lowest BCUT2D eigenvalue weighted by atomic mass is 9.64. The van der Waals surface area contributed by atoms with E-state index in [1.54, 1.807) is 0 Å². The van der Waals surface area contributed by atoms with E-state index in [2.05, 4.69) is 34.9 Å². The third kappa shape index (κ3) is 6.52. The second-order valence-electron chi connectivity index (χ2n) is 13.4. The van der Waals surface area contributed by atoms with E-state index in [1.165, 1.54) is 23.0 Å². The molecule has 7 nitrogen and oxygen atoms in total. The molecule has 1 saturated carbocycles. The van der Waals surface area contributed by atoms with E-state index in [0.717, 1.165) is 18.2 Å². The summed E-state index contributed by atoms with van der Waals surface area (Å²) in [7, 11) is -1.39. The Hall–Kier alpha value is -3.19. The number of ether oxygens (including phenoxy) is 3. The van der Waals surface area contributed by atoms with Gasteiger partial charge in [0, 0.05) is 50.3 Å². The monoisotopic (exact) mass is 624 g/mol. The van der Waals surface area contributed by atoms with Gasteiger partial charge in [0.1, 0.15) is 18.1 Å². The Labute approximate surface area is 248 Å². The molecule has 1 aliphatic heterocycles. The summed E-state index contributed by atoms with van der Waals surface area (Å²) >= 11 is 0. The smallest absolute Gasteiger partial charge is 0.398 e. The summed E-state index contributed by atoms with van der Waals surface area (Å²) in [5.41, 5.74) is -2.07. The Morgan fingerprint density at radius 3 is 2.37 bits per heavy atom. The number of benzene rings is 1. The van der Waals surface area contributed by atoms with Crippen molar-refractivity contribution in [3.05, 3.63) is 47.8 Å². The first-order valence-corrected chi connectivity index (χ1v) is 18.0. The summed E-state index contributed by atoms with van der Waals surface area (Å²) in [6.45, 7) is 11.9. The van der Waals surface area contributed by atoms with E-state index in [9.17, 15) is 13.2 Å². The molecular formula is C30H37F5N4O3Si. The topological polar surface area (TPSA) is 69.9 Å². The van der Waals surface area contributed by atoms with Crippen LogP contribution >= 0.6 is 0 Å². The zero-order valence-electron chi connectivity index (χ0n) is 25.0. The second kappa shape index (κ2) is 11.4. The van der Waals surface area contributed by atoms with Gasteiger partial charge in [-0.2, -0.15) is 13.2 Å². The van der Waals surface area contributed by atoms with E-state index in [1.807, 2.05) is 13.8 Å². The van der Waals surface area contributed by atoms with E-state index < -0.39 is 37.0 Å². The summed E-state index contributed by atoms with van der Waals surface area (Å²) in [6.07, 6.45) is -1.61. The summed E-state index contributed by atoms with van der Waals surface area (Å²) in [5.74, 6) is -2.97. The largest absolute Gasteiger partial charge is 0.464 e. The van der Waals surface area contributed by atoms with Crippen LogP contribution < -0.4 is 10.1 Å². The number of nitrogens with zero attached hydrogens (tertiary/aromatic N) is 3. The molecule has 3 heterocycles. The lowest BCUT2D eigenvalue weighted by Gasteiger charge is -2.43. The van der Waals surface area contributed by atoms with Crippen molar-refractivity contribution in [3.8, 4) is 11.5 Å². The molecule has 13 heteroatoms. The van der Waals surface area contributed by atoms with Crippen molar-refractivity contribution in [2.24, 2.45) is 10.4 Å². The maximum Gasteiger partial charge on any atom is 0.398 e. The molecule has 2 aromatic heterocycles. The fourth-order valence-corrected chi connectivity index (χ4v) is 5.95. The molecule has 0 atom stereocenters. The summed E-state index contributed by atoms with van der Waals surface area (Å²) < 4.78 is 92.8. The molecule has 2 aliphatic rings. The first-order chi connectivity index (χ1) is 20.1. The molecule has 0 spiro atoms. The van der Waals surface area contributed by atoms with Crippen LogP contribution in [-0.2, 0) is 21.6 Å². The zero-order valence-corrected chi connectivity index (χ0v) is 26.0. The van der Waals surface area contributed by atoms with Gasteiger partial charge < -0.3 is 24.1 Å². The van der Waals surface area contributed by atoms with Crippen molar-refractivity contribution in [1.82, 2.24) is 9.55 Å². The highest BCUT2D eigenvalue weighted by atomic mass is 28.3. The molecule has 1 N–H and O–H groups in total. The van der Waals surface area contributed by atoms with Crippen LogP contribution in [0.4, 0.5) is 27.6 Å². The number of anilines is 1. The highest BCUT2D eigenvalue weighted by Crippen LogP contribution is 2.57. The van der Waals surface area contributed by atoms with E-state index >= 15 is 8.78 Å². The number of aliphatic imine (C=N–C) groups is 1. The molecular weight excluding hydrogens is 587 g/mol. The molecule has 0 radical (unpaired) electrons. The Kier molecular flexibility index (Phi) is 8.27. The number of halogens is 5. The molecule has 5 rings (SSSR count). The van der Waals surface area contributed by atoms with Crippen molar-refractivity contribution >= 4 is 30.8 Å². The molecule has 1 fully saturated rings.